The van der Waals surface area contributed by atoms with Gasteiger partial charge in [-0.3, -0.25) is 0 Å². The van der Waals surface area contributed by atoms with Crippen LogP contribution in [0.15, 0.2) is 17.5 Å². The van der Waals surface area contributed by atoms with Crippen LogP contribution in [0.25, 0.3) is 10.7 Å². The lowest BCUT2D eigenvalue weighted by Crippen LogP contribution is -2.17. The Balaban J connectivity index is 2.24. The second kappa shape index (κ2) is 6.07. The third-order valence-electron chi connectivity index (χ3n) is 2.96. The van der Waals surface area contributed by atoms with E-state index in [0.717, 1.165) is 41.6 Å². The Labute approximate surface area is 112 Å². The Kier molecular flexibility index (Phi) is 4.44. The molecule has 0 bridgehead atoms. The van der Waals surface area contributed by atoms with E-state index in [-0.39, 0.29) is 0 Å². The van der Waals surface area contributed by atoms with Gasteiger partial charge in [-0.05, 0) is 50.4 Å². The van der Waals surface area contributed by atoms with Crippen LogP contribution in [0.4, 0.5) is 0 Å². The first kappa shape index (κ1) is 13.2. The lowest BCUT2D eigenvalue weighted by Gasteiger charge is -2.10. The van der Waals surface area contributed by atoms with Crippen molar-refractivity contribution >= 4 is 11.3 Å². The second-order valence-electron chi connectivity index (χ2n) is 4.28. The molecule has 2 aromatic heterocycles. The minimum Gasteiger partial charge on any atom is -0.317 e. The largest absolute Gasteiger partial charge is 0.317 e. The summed E-state index contributed by atoms with van der Waals surface area (Å²) in [6.07, 6.45) is 0.996. The van der Waals surface area contributed by atoms with E-state index in [9.17, 15) is 0 Å². The van der Waals surface area contributed by atoms with Crippen molar-refractivity contribution in [2.24, 2.45) is 0 Å². The number of hydrogen-bond donors (Lipinski definition) is 1. The molecule has 2 rings (SSSR count). The molecule has 0 amide bonds. The molecule has 0 saturated carbocycles. The molecule has 96 valence electrons. The quantitative estimate of drug-likeness (QED) is 0.841. The lowest BCUT2D eigenvalue weighted by atomic mass is 10.1. The standard InChI is InChI=1S/C14H19N3S/c1-4-15-8-7-12-10(2)16-14(17-11(12)3)13-6-5-9-18-13/h5-6,9,15H,4,7-8H2,1-3H3. The van der Waals surface area contributed by atoms with Crippen LogP contribution in [0.1, 0.15) is 23.9 Å². The van der Waals surface area contributed by atoms with Gasteiger partial charge < -0.3 is 5.32 Å². The molecule has 0 spiro atoms. The van der Waals surface area contributed by atoms with Gasteiger partial charge in [-0.25, -0.2) is 9.97 Å². The average Bonchev–Trinajstić information content (AvgIpc) is 2.86. The molecule has 0 aliphatic heterocycles. The SMILES string of the molecule is CCNCCc1c(C)nc(-c2cccs2)nc1C. The van der Waals surface area contributed by atoms with Crippen LogP contribution >= 0.6 is 11.3 Å². The Morgan fingerprint density at radius 3 is 2.50 bits per heavy atom. The van der Waals surface area contributed by atoms with Crippen LogP contribution in [0, 0.1) is 13.8 Å². The lowest BCUT2D eigenvalue weighted by molar-refractivity contribution is 0.708. The fourth-order valence-corrected chi connectivity index (χ4v) is 2.66. The van der Waals surface area contributed by atoms with Gasteiger partial charge in [-0.2, -0.15) is 0 Å². The number of aryl methyl sites for hydroxylation is 2. The van der Waals surface area contributed by atoms with Crippen LogP contribution < -0.4 is 5.32 Å². The molecule has 2 aromatic rings. The number of nitrogens with one attached hydrogen (secondary N) is 1. The van der Waals surface area contributed by atoms with Crippen molar-refractivity contribution in [3.05, 3.63) is 34.5 Å². The van der Waals surface area contributed by atoms with Crippen molar-refractivity contribution in [2.45, 2.75) is 27.2 Å². The summed E-state index contributed by atoms with van der Waals surface area (Å²) in [6, 6.07) is 4.10. The molecule has 0 fully saturated rings. The second-order valence-corrected chi connectivity index (χ2v) is 5.23. The zero-order valence-corrected chi connectivity index (χ0v) is 12.0. The maximum atomic E-state index is 4.63. The fraction of sp³-hybridized carbons (Fsp3) is 0.429. The predicted molar refractivity (Wildman–Crippen MR) is 77.1 cm³/mol. The van der Waals surface area contributed by atoms with E-state index < -0.39 is 0 Å². The van der Waals surface area contributed by atoms with Crippen LogP contribution in [-0.2, 0) is 6.42 Å². The van der Waals surface area contributed by atoms with Crippen molar-refractivity contribution in [3.63, 3.8) is 0 Å². The molecule has 0 radical (unpaired) electrons. The zero-order valence-electron chi connectivity index (χ0n) is 11.2. The molecule has 0 aromatic carbocycles. The highest BCUT2D eigenvalue weighted by Crippen LogP contribution is 2.23. The first-order chi connectivity index (χ1) is 8.72. The van der Waals surface area contributed by atoms with Gasteiger partial charge in [0.1, 0.15) is 0 Å². The van der Waals surface area contributed by atoms with Crippen molar-refractivity contribution in [1.82, 2.24) is 15.3 Å². The summed E-state index contributed by atoms with van der Waals surface area (Å²) in [5.74, 6) is 0.854. The smallest absolute Gasteiger partial charge is 0.169 e. The zero-order chi connectivity index (χ0) is 13.0. The van der Waals surface area contributed by atoms with Gasteiger partial charge in [0.15, 0.2) is 5.82 Å². The number of thiophene rings is 1. The highest BCUT2D eigenvalue weighted by Gasteiger charge is 2.10. The summed E-state index contributed by atoms with van der Waals surface area (Å²) in [7, 11) is 0. The molecule has 0 saturated heterocycles. The van der Waals surface area contributed by atoms with E-state index in [1.54, 1.807) is 11.3 Å². The minimum atomic E-state index is 0.854. The van der Waals surface area contributed by atoms with Crippen LogP contribution in [0.5, 0.6) is 0 Å². The number of aromatic nitrogens is 2. The monoisotopic (exact) mass is 261 g/mol. The van der Waals surface area contributed by atoms with Crippen molar-refractivity contribution in [1.29, 1.82) is 0 Å². The molecule has 3 nitrogen and oxygen atoms in total. The third-order valence-corrected chi connectivity index (χ3v) is 3.83. The van der Waals surface area contributed by atoms with E-state index in [1.165, 1.54) is 5.56 Å². The third kappa shape index (κ3) is 2.94. The minimum absolute atomic E-state index is 0.854. The van der Waals surface area contributed by atoms with Crippen molar-refractivity contribution in [3.8, 4) is 10.7 Å². The summed E-state index contributed by atoms with van der Waals surface area (Å²) in [6.45, 7) is 8.27. The normalized spacial score (nSPS) is 10.8. The summed E-state index contributed by atoms with van der Waals surface area (Å²) < 4.78 is 0. The van der Waals surface area contributed by atoms with Crippen LogP contribution in [0.2, 0.25) is 0 Å². The van der Waals surface area contributed by atoms with Crippen LogP contribution in [-0.4, -0.2) is 23.1 Å². The topological polar surface area (TPSA) is 37.8 Å². The summed E-state index contributed by atoms with van der Waals surface area (Å²) in [5, 5.41) is 5.40. The molecule has 0 aliphatic carbocycles. The van der Waals surface area contributed by atoms with Crippen molar-refractivity contribution < 1.29 is 0 Å². The number of likely N-dealkylation sites (N-methyl/N-ethyl adjacent to an activating group) is 1. The molecule has 1 N–H and O–H groups in total. The van der Waals surface area contributed by atoms with Gasteiger partial charge in [0, 0.05) is 11.4 Å². The number of rotatable bonds is 5. The average molecular weight is 261 g/mol. The molecule has 2 heterocycles. The number of hydrogen-bond acceptors (Lipinski definition) is 4. The van der Waals surface area contributed by atoms with E-state index in [4.69, 9.17) is 0 Å². The van der Waals surface area contributed by atoms with E-state index in [0.29, 0.717) is 0 Å². The molecule has 0 aliphatic rings. The molecule has 18 heavy (non-hydrogen) atoms. The Bertz CT molecular complexity index is 483. The summed E-state index contributed by atoms with van der Waals surface area (Å²) >= 11 is 1.68. The highest BCUT2D eigenvalue weighted by molar-refractivity contribution is 7.13. The molecular formula is C14H19N3S. The van der Waals surface area contributed by atoms with E-state index in [2.05, 4.69) is 47.5 Å². The summed E-state index contributed by atoms with van der Waals surface area (Å²) in [5.41, 5.74) is 3.48. The van der Waals surface area contributed by atoms with Gasteiger partial charge in [0.2, 0.25) is 0 Å². The highest BCUT2D eigenvalue weighted by atomic mass is 32.1. The van der Waals surface area contributed by atoms with E-state index >= 15 is 0 Å². The van der Waals surface area contributed by atoms with Gasteiger partial charge in [0.05, 0.1) is 4.88 Å². The maximum absolute atomic E-state index is 4.63. The molecule has 0 atom stereocenters. The van der Waals surface area contributed by atoms with Crippen LogP contribution in [0.3, 0.4) is 0 Å². The Hall–Kier alpha value is -1.26. The maximum Gasteiger partial charge on any atom is 0.169 e. The van der Waals surface area contributed by atoms with Gasteiger partial charge >= 0.3 is 0 Å². The number of nitrogens with zero attached hydrogens (tertiary/aromatic N) is 2. The fourth-order valence-electron chi connectivity index (χ4n) is 2.01. The van der Waals surface area contributed by atoms with Gasteiger partial charge in [-0.1, -0.05) is 13.0 Å². The predicted octanol–water partition coefficient (Wildman–Crippen LogP) is 2.97. The first-order valence-electron chi connectivity index (χ1n) is 6.31. The van der Waals surface area contributed by atoms with Crippen molar-refractivity contribution in [2.75, 3.05) is 13.1 Å². The van der Waals surface area contributed by atoms with Gasteiger partial charge in [-0.15, -0.1) is 11.3 Å². The Morgan fingerprint density at radius 1 is 1.22 bits per heavy atom. The Morgan fingerprint density at radius 2 is 1.94 bits per heavy atom. The molecule has 0 unspecified atom stereocenters. The summed E-state index contributed by atoms with van der Waals surface area (Å²) in [4.78, 5) is 10.4. The first-order valence-corrected chi connectivity index (χ1v) is 7.19. The van der Waals surface area contributed by atoms with Gasteiger partial charge in [0.25, 0.3) is 0 Å². The molecule has 4 heteroatoms. The molecular weight excluding hydrogens is 242 g/mol. The van der Waals surface area contributed by atoms with E-state index in [1.807, 2.05) is 6.07 Å².